The van der Waals surface area contributed by atoms with E-state index in [2.05, 4.69) is 29.6 Å². The minimum Gasteiger partial charge on any atom is -0.394 e. The summed E-state index contributed by atoms with van der Waals surface area (Å²) in [5, 5.41) is 71.5. The number of carbonyl (C=O) groups excluding carboxylic acids is 2. The van der Waals surface area contributed by atoms with Gasteiger partial charge in [-0.2, -0.15) is 0 Å². The van der Waals surface area contributed by atoms with E-state index in [1.165, 1.54) is 18.4 Å². The number of rotatable bonds is 21. The molecule has 8 N–H and O–H groups in total. The van der Waals surface area contributed by atoms with Crippen molar-refractivity contribution >= 4 is 17.4 Å². The van der Waals surface area contributed by atoms with Crippen LogP contribution in [0.5, 0.6) is 0 Å². The van der Waals surface area contributed by atoms with Crippen molar-refractivity contribution in [2.45, 2.75) is 114 Å². The topological polar surface area (TPSA) is 210 Å². The molecule has 0 bridgehead atoms. The molecule has 1 amide bonds. The zero-order valence-electron chi connectivity index (χ0n) is 25.0. The summed E-state index contributed by atoms with van der Waals surface area (Å²) in [5.74, 6) is -2.13. The first kappa shape index (κ1) is 36.9. The van der Waals surface area contributed by atoms with Crippen LogP contribution >= 0.6 is 0 Å². The van der Waals surface area contributed by atoms with E-state index in [0.29, 0.717) is 6.54 Å². The highest BCUT2D eigenvalue weighted by molar-refractivity contribution is 6.38. The summed E-state index contributed by atoms with van der Waals surface area (Å²) in [6.45, 7) is 0.495. The Balaban J connectivity index is 1.66. The van der Waals surface area contributed by atoms with Crippen molar-refractivity contribution in [3.63, 3.8) is 0 Å². The second-order valence-electron chi connectivity index (χ2n) is 11.3. The van der Waals surface area contributed by atoms with Crippen LogP contribution in [0.25, 0.3) is 0 Å². The third kappa shape index (κ3) is 12.7. The Morgan fingerprint density at radius 1 is 0.953 bits per heavy atom. The SMILES string of the molecule is CC(=O)C(=N)[C@@H](CO[C@H]1OC(CO)[C@H](O)C(O)[C@@H]1O)[C@H](O)[C@H](O)CCCC(=O)NCCCCCCCCc1ccccc1. The summed E-state index contributed by atoms with van der Waals surface area (Å²) in [5.41, 5.74) is 0.841. The lowest BCUT2D eigenvalue weighted by Gasteiger charge is -2.40. The molecule has 1 saturated heterocycles. The minimum atomic E-state index is -1.70. The van der Waals surface area contributed by atoms with Gasteiger partial charge in [-0.25, -0.2) is 0 Å². The van der Waals surface area contributed by atoms with Crippen LogP contribution in [0.4, 0.5) is 0 Å². The van der Waals surface area contributed by atoms with Crippen molar-refractivity contribution in [3.8, 4) is 0 Å². The Kier molecular flexibility index (Phi) is 17.1. The van der Waals surface area contributed by atoms with Gasteiger partial charge in [0.1, 0.15) is 24.4 Å². The maximum Gasteiger partial charge on any atom is 0.219 e. The molecule has 1 aliphatic rings. The second-order valence-corrected chi connectivity index (χ2v) is 11.3. The molecular weight excluding hydrogens is 560 g/mol. The van der Waals surface area contributed by atoms with Gasteiger partial charge in [0.05, 0.1) is 37.1 Å². The van der Waals surface area contributed by atoms with Gasteiger partial charge in [-0.1, -0.05) is 56.0 Å². The summed E-state index contributed by atoms with van der Waals surface area (Å²) in [6.07, 6.45) is -2.61. The molecule has 2 rings (SSSR count). The number of carbonyl (C=O) groups is 2. The lowest BCUT2D eigenvalue weighted by Crippen LogP contribution is -2.59. The molecule has 1 fully saturated rings. The molecule has 0 spiro atoms. The van der Waals surface area contributed by atoms with Crippen LogP contribution in [0.15, 0.2) is 30.3 Å². The standard InChI is InChI=1S/C31H50N2O10/c1-20(35)26(32)22(19-42-31-30(41)29(40)28(39)24(18-34)43-31)27(38)23(36)15-11-16-25(37)33-17-10-5-3-2-4-7-12-21-13-8-6-9-14-21/h6,8-9,13-14,22-24,27-32,34,36,38-41H,2-5,7,10-12,15-19H2,1H3,(H,33,37)/t22-,23-,24?,27+,28+,29?,30+,31+/m1/s1. The molecule has 0 radical (unpaired) electrons. The Labute approximate surface area is 253 Å². The highest BCUT2D eigenvalue weighted by atomic mass is 16.7. The number of hydrogen-bond acceptors (Lipinski definition) is 11. The first-order chi connectivity index (χ1) is 20.6. The van der Waals surface area contributed by atoms with Gasteiger partial charge < -0.3 is 50.8 Å². The van der Waals surface area contributed by atoms with Crippen molar-refractivity contribution in [1.29, 1.82) is 5.41 Å². The number of aliphatic hydroxyl groups excluding tert-OH is 6. The fourth-order valence-electron chi connectivity index (χ4n) is 5.05. The van der Waals surface area contributed by atoms with E-state index in [1.807, 2.05) is 6.07 Å². The average molecular weight is 611 g/mol. The van der Waals surface area contributed by atoms with E-state index in [9.17, 15) is 40.2 Å². The van der Waals surface area contributed by atoms with E-state index < -0.39 is 73.5 Å². The predicted octanol–water partition coefficient (Wildman–Crippen LogP) is 0.619. The van der Waals surface area contributed by atoms with Crippen molar-refractivity contribution in [2.75, 3.05) is 19.8 Å². The van der Waals surface area contributed by atoms with Crippen LogP contribution in [0.3, 0.4) is 0 Å². The molecule has 1 aromatic carbocycles. The van der Waals surface area contributed by atoms with E-state index in [-0.39, 0.29) is 25.2 Å². The van der Waals surface area contributed by atoms with E-state index in [4.69, 9.17) is 14.9 Å². The number of ketones is 1. The molecule has 8 atom stereocenters. The van der Waals surface area contributed by atoms with Gasteiger partial charge in [0.15, 0.2) is 12.1 Å². The number of hydrogen-bond donors (Lipinski definition) is 8. The fourth-order valence-corrected chi connectivity index (χ4v) is 5.05. The Hall–Kier alpha value is -2.29. The number of Topliss-reactive ketones (excluding diaryl/α,β-unsaturated/α-hetero) is 1. The van der Waals surface area contributed by atoms with Crippen LogP contribution in [0, 0.1) is 11.3 Å². The molecule has 1 heterocycles. The normalized spacial score (nSPS) is 24.2. The number of amides is 1. The van der Waals surface area contributed by atoms with Gasteiger partial charge >= 0.3 is 0 Å². The zero-order valence-corrected chi connectivity index (χ0v) is 25.0. The third-order valence-corrected chi connectivity index (χ3v) is 7.81. The number of nitrogens with one attached hydrogen (secondary N) is 2. The average Bonchev–Trinajstić information content (AvgIpc) is 3.00. The van der Waals surface area contributed by atoms with E-state index in [1.54, 1.807) is 0 Å². The van der Waals surface area contributed by atoms with E-state index in [0.717, 1.165) is 39.0 Å². The van der Waals surface area contributed by atoms with Crippen molar-refractivity contribution in [1.82, 2.24) is 5.32 Å². The van der Waals surface area contributed by atoms with Gasteiger partial charge in [-0.3, -0.25) is 9.59 Å². The molecule has 12 heteroatoms. The van der Waals surface area contributed by atoms with Crippen LogP contribution in [-0.4, -0.2) is 111 Å². The molecule has 12 nitrogen and oxygen atoms in total. The van der Waals surface area contributed by atoms with Gasteiger partial charge in [0, 0.05) is 19.9 Å². The van der Waals surface area contributed by atoms with Gasteiger partial charge in [0.25, 0.3) is 0 Å². The lowest BCUT2D eigenvalue weighted by molar-refractivity contribution is -0.303. The summed E-state index contributed by atoms with van der Waals surface area (Å²) < 4.78 is 10.7. The molecule has 0 aliphatic carbocycles. The third-order valence-electron chi connectivity index (χ3n) is 7.81. The second kappa shape index (κ2) is 19.9. The quantitative estimate of drug-likeness (QED) is 0.0718. The summed E-state index contributed by atoms with van der Waals surface area (Å²) in [4.78, 5) is 24.1. The number of unbranched alkanes of at least 4 members (excludes halogenated alkanes) is 5. The maximum atomic E-state index is 12.2. The number of benzene rings is 1. The largest absolute Gasteiger partial charge is 0.394 e. The Bertz CT molecular complexity index is 963. The zero-order chi connectivity index (χ0) is 31.8. The first-order valence-electron chi connectivity index (χ1n) is 15.2. The molecular formula is C31H50N2O10. The highest BCUT2D eigenvalue weighted by Crippen LogP contribution is 2.24. The minimum absolute atomic E-state index is 0.0271. The first-order valence-corrected chi connectivity index (χ1v) is 15.2. The van der Waals surface area contributed by atoms with Crippen LogP contribution in [0.1, 0.15) is 70.3 Å². The van der Waals surface area contributed by atoms with Crippen molar-refractivity contribution in [3.05, 3.63) is 35.9 Å². The molecule has 43 heavy (non-hydrogen) atoms. The van der Waals surface area contributed by atoms with E-state index >= 15 is 0 Å². The molecule has 1 aliphatic heterocycles. The molecule has 0 saturated carbocycles. The molecule has 0 aromatic heterocycles. The predicted molar refractivity (Wildman–Crippen MR) is 158 cm³/mol. The number of aryl methyl sites for hydroxylation is 1. The maximum absolute atomic E-state index is 12.2. The van der Waals surface area contributed by atoms with Crippen LogP contribution in [-0.2, 0) is 25.5 Å². The van der Waals surface area contributed by atoms with Crippen molar-refractivity contribution in [2.24, 2.45) is 5.92 Å². The summed E-state index contributed by atoms with van der Waals surface area (Å²) in [6, 6.07) is 10.4. The number of aliphatic hydroxyl groups is 6. The van der Waals surface area contributed by atoms with Gasteiger partial charge in [-0.15, -0.1) is 0 Å². The molecule has 1 aromatic rings. The lowest BCUT2D eigenvalue weighted by atomic mass is 9.89. The van der Waals surface area contributed by atoms with Crippen LogP contribution < -0.4 is 5.32 Å². The van der Waals surface area contributed by atoms with Gasteiger partial charge in [0.2, 0.25) is 5.91 Å². The monoisotopic (exact) mass is 610 g/mol. The Morgan fingerprint density at radius 3 is 2.26 bits per heavy atom. The fraction of sp³-hybridized carbons (Fsp3) is 0.710. The smallest absolute Gasteiger partial charge is 0.219 e. The molecule has 244 valence electrons. The van der Waals surface area contributed by atoms with Gasteiger partial charge in [-0.05, 0) is 37.7 Å². The summed E-state index contributed by atoms with van der Waals surface area (Å²) >= 11 is 0. The number of ether oxygens (including phenoxy) is 2. The molecule has 2 unspecified atom stereocenters. The summed E-state index contributed by atoms with van der Waals surface area (Å²) in [7, 11) is 0. The highest BCUT2D eigenvalue weighted by Gasteiger charge is 2.44. The Morgan fingerprint density at radius 2 is 1.60 bits per heavy atom. The van der Waals surface area contributed by atoms with Crippen molar-refractivity contribution < 1.29 is 49.7 Å². The van der Waals surface area contributed by atoms with Crippen LogP contribution in [0.2, 0.25) is 0 Å².